The van der Waals surface area contributed by atoms with Gasteiger partial charge in [0.1, 0.15) is 0 Å². The normalized spacial score (nSPS) is 13.6. The zero-order valence-corrected chi connectivity index (χ0v) is 13.1. The second-order valence-corrected chi connectivity index (χ2v) is 6.01. The zero-order chi connectivity index (χ0) is 16.5. The van der Waals surface area contributed by atoms with E-state index in [-0.39, 0.29) is 11.7 Å². The van der Waals surface area contributed by atoms with E-state index in [0.29, 0.717) is 17.7 Å². The van der Waals surface area contributed by atoms with Crippen LogP contribution in [0, 0.1) is 0 Å². The van der Waals surface area contributed by atoms with Crippen molar-refractivity contribution in [2.45, 2.75) is 19.3 Å². The number of ketones is 1. The van der Waals surface area contributed by atoms with Crippen LogP contribution in [-0.2, 0) is 6.42 Å². The van der Waals surface area contributed by atoms with Gasteiger partial charge < -0.3 is 5.32 Å². The molecule has 0 unspecified atom stereocenters. The van der Waals surface area contributed by atoms with Crippen LogP contribution in [0.2, 0.25) is 0 Å². The van der Waals surface area contributed by atoms with E-state index >= 15 is 0 Å². The molecule has 1 amide bonds. The van der Waals surface area contributed by atoms with Crippen LogP contribution in [0.25, 0.3) is 10.9 Å². The van der Waals surface area contributed by atoms with Crippen molar-refractivity contribution < 1.29 is 9.59 Å². The van der Waals surface area contributed by atoms with E-state index in [0.717, 1.165) is 34.9 Å². The molecule has 0 atom stereocenters. The maximum absolute atomic E-state index is 12.5. The van der Waals surface area contributed by atoms with Crippen LogP contribution in [-0.4, -0.2) is 16.7 Å². The fraction of sp³-hybridized carbons (Fsp3) is 0.150. The number of amides is 1. The molecular formula is C20H16N2O2. The monoisotopic (exact) mass is 316 g/mol. The Labute approximate surface area is 139 Å². The van der Waals surface area contributed by atoms with Crippen molar-refractivity contribution in [1.29, 1.82) is 0 Å². The van der Waals surface area contributed by atoms with Gasteiger partial charge in [0, 0.05) is 34.8 Å². The molecule has 118 valence electrons. The van der Waals surface area contributed by atoms with E-state index in [2.05, 4.69) is 10.3 Å². The first-order valence-electron chi connectivity index (χ1n) is 8.03. The van der Waals surface area contributed by atoms with Crippen molar-refractivity contribution in [3.05, 3.63) is 71.4 Å². The molecule has 0 bridgehead atoms. The number of aromatic nitrogens is 1. The molecule has 1 heterocycles. The van der Waals surface area contributed by atoms with Crippen molar-refractivity contribution in [1.82, 2.24) is 4.98 Å². The van der Waals surface area contributed by atoms with E-state index in [1.807, 2.05) is 30.3 Å². The van der Waals surface area contributed by atoms with Crippen LogP contribution in [0.1, 0.15) is 39.1 Å². The lowest BCUT2D eigenvalue weighted by atomic mass is 9.90. The molecule has 0 fully saturated rings. The van der Waals surface area contributed by atoms with Gasteiger partial charge in [-0.25, -0.2) is 0 Å². The molecule has 4 heteroatoms. The predicted molar refractivity (Wildman–Crippen MR) is 93.4 cm³/mol. The molecule has 3 aromatic rings. The zero-order valence-electron chi connectivity index (χ0n) is 13.1. The Balaban J connectivity index is 1.61. The third kappa shape index (κ3) is 2.67. The van der Waals surface area contributed by atoms with Crippen molar-refractivity contribution >= 4 is 28.3 Å². The third-order valence-corrected chi connectivity index (χ3v) is 4.39. The Morgan fingerprint density at radius 3 is 2.88 bits per heavy atom. The summed E-state index contributed by atoms with van der Waals surface area (Å²) >= 11 is 0. The van der Waals surface area contributed by atoms with Crippen molar-refractivity contribution in [2.24, 2.45) is 0 Å². The number of nitrogens with zero attached hydrogens (tertiary/aromatic N) is 1. The lowest BCUT2D eigenvalue weighted by molar-refractivity contribution is 0.0970. The van der Waals surface area contributed by atoms with E-state index in [1.165, 1.54) is 0 Å². The van der Waals surface area contributed by atoms with Crippen LogP contribution in [0.4, 0.5) is 5.69 Å². The van der Waals surface area contributed by atoms with Gasteiger partial charge in [0.25, 0.3) is 5.91 Å². The molecule has 0 saturated carbocycles. The molecule has 4 rings (SSSR count). The SMILES string of the molecule is O=C(Nc1ccc2c(c1)C(=O)CCC2)c1ccc2cccnc2c1. The van der Waals surface area contributed by atoms with Crippen LogP contribution in [0.3, 0.4) is 0 Å². The van der Waals surface area contributed by atoms with Gasteiger partial charge in [-0.3, -0.25) is 14.6 Å². The first-order valence-corrected chi connectivity index (χ1v) is 8.03. The number of hydrogen-bond donors (Lipinski definition) is 1. The van der Waals surface area contributed by atoms with Crippen LogP contribution in [0.5, 0.6) is 0 Å². The average molecular weight is 316 g/mol. The Morgan fingerprint density at radius 1 is 1.04 bits per heavy atom. The Morgan fingerprint density at radius 2 is 1.96 bits per heavy atom. The van der Waals surface area contributed by atoms with Gasteiger partial charge in [-0.1, -0.05) is 18.2 Å². The molecule has 1 N–H and O–H groups in total. The topological polar surface area (TPSA) is 59.1 Å². The third-order valence-electron chi connectivity index (χ3n) is 4.39. The van der Waals surface area contributed by atoms with Crippen molar-refractivity contribution in [3.63, 3.8) is 0 Å². The highest BCUT2D eigenvalue weighted by Crippen LogP contribution is 2.25. The van der Waals surface area contributed by atoms with Crippen LogP contribution >= 0.6 is 0 Å². The van der Waals surface area contributed by atoms with Gasteiger partial charge in [0.15, 0.2) is 5.78 Å². The number of fused-ring (bicyclic) bond motifs is 2. The van der Waals surface area contributed by atoms with Gasteiger partial charge >= 0.3 is 0 Å². The summed E-state index contributed by atoms with van der Waals surface area (Å²) in [4.78, 5) is 28.8. The average Bonchev–Trinajstić information content (AvgIpc) is 2.62. The molecule has 1 aromatic heterocycles. The smallest absolute Gasteiger partial charge is 0.255 e. The lowest BCUT2D eigenvalue weighted by Crippen LogP contribution is -2.15. The van der Waals surface area contributed by atoms with Gasteiger partial charge in [0.2, 0.25) is 0 Å². The largest absolute Gasteiger partial charge is 0.322 e. The van der Waals surface area contributed by atoms with Crippen LogP contribution < -0.4 is 5.32 Å². The van der Waals surface area contributed by atoms with E-state index in [4.69, 9.17) is 0 Å². The number of anilines is 1. The Kier molecular flexibility index (Phi) is 3.58. The highest BCUT2D eigenvalue weighted by Gasteiger charge is 2.18. The summed E-state index contributed by atoms with van der Waals surface area (Å²) in [6.07, 6.45) is 4.12. The molecule has 0 radical (unpaired) electrons. The fourth-order valence-electron chi connectivity index (χ4n) is 3.12. The molecule has 4 nitrogen and oxygen atoms in total. The molecule has 0 spiro atoms. The summed E-state index contributed by atoms with van der Waals surface area (Å²) in [6.45, 7) is 0. The Bertz CT molecular complexity index is 963. The van der Waals surface area contributed by atoms with Gasteiger partial charge in [-0.05, 0) is 48.7 Å². The summed E-state index contributed by atoms with van der Waals surface area (Å²) in [5, 5.41) is 3.87. The number of pyridine rings is 1. The van der Waals surface area contributed by atoms with E-state index < -0.39 is 0 Å². The maximum atomic E-state index is 12.5. The summed E-state index contributed by atoms with van der Waals surface area (Å²) < 4.78 is 0. The van der Waals surface area contributed by atoms with Crippen molar-refractivity contribution in [3.8, 4) is 0 Å². The minimum Gasteiger partial charge on any atom is -0.322 e. The number of nitrogens with one attached hydrogen (secondary N) is 1. The van der Waals surface area contributed by atoms with Gasteiger partial charge in [0.05, 0.1) is 5.52 Å². The number of carbonyl (C=O) groups is 2. The number of Topliss-reactive ketones (excluding diaryl/α,β-unsaturated/α-hetero) is 1. The van der Waals surface area contributed by atoms with Crippen LogP contribution in [0.15, 0.2) is 54.7 Å². The number of hydrogen-bond acceptors (Lipinski definition) is 3. The number of benzene rings is 2. The first kappa shape index (κ1) is 14.6. The molecule has 1 aliphatic carbocycles. The second-order valence-electron chi connectivity index (χ2n) is 6.01. The molecule has 1 aliphatic rings. The molecular weight excluding hydrogens is 300 g/mol. The maximum Gasteiger partial charge on any atom is 0.255 e. The summed E-state index contributed by atoms with van der Waals surface area (Å²) in [5.74, 6) is -0.0481. The predicted octanol–water partition coefficient (Wildman–Crippen LogP) is 4.01. The minimum absolute atomic E-state index is 0.155. The molecule has 24 heavy (non-hydrogen) atoms. The second kappa shape index (κ2) is 5.89. The molecule has 0 aliphatic heterocycles. The quantitative estimate of drug-likeness (QED) is 0.777. The minimum atomic E-state index is -0.203. The van der Waals surface area contributed by atoms with E-state index in [9.17, 15) is 9.59 Å². The highest BCUT2D eigenvalue weighted by atomic mass is 16.1. The first-order chi connectivity index (χ1) is 11.7. The fourth-order valence-corrected chi connectivity index (χ4v) is 3.12. The van der Waals surface area contributed by atoms with Gasteiger partial charge in [-0.2, -0.15) is 0 Å². The molecule has 0 saturated heterocycles. The molecule has 2 aromatic carbocycles. The number of aryl methyl sites for hydroxylation is 1. The Hall–Kier alpha value is -3.01. The standard InChI is InChI=1S/C20H16N2O2/c23-19-5-1-3-13-8-9-16(12-17(13)19)22-20(24)15-7-6-14-4-2-10-21-18(14)11-15/h2,4,6-12H,1,3,5H2,(H,22,24). The number of rotatable bonds is 2. The van der Waals surface area contributed by atoms with E-state index in [1.54, 1.807) is 24.4 Å². The number of carbonyl (C=O) groups excluding carboxylic acids is 2. The summed E-state index contributed by atoms with van der Waals surface area (Å²) in [7, 11) is 0. The van der Waals surface area contributed by atoms with Crippen molar-refractivity contribution in [2.75, 3.05) is 5.32 Å². The van der Waals surface area contributed by atoms with Gasteiger partial charge in [-0.15, -0.1) is 0 Å². The summed E-state index contributed by atoms with van der Waals surface area (Å²) in [6, 6.07) is 14.8. The lowest BCUT2D eigenvalue weighted by Gasteiger charge is -2.16. The summed E-state index contributed by atoms with van der Waals surface area (Å²) in [5.41, 5.74) is 3.78. The highest BCUT2D eigenvalue weighted by molar-refractivity contribution is 6.07.